The van der Waals surface area contributed by atoms with Crippen LogP contribution in [0.25, 0.3) is 0 Å². The van der Waals surface area contributed by atoms with Crippen LogP contribution in [-0.4, -0.2) is 35.5 Å². The zero-order valence-corrected chi connectivity index (χ0v) is 45.3. The maximum atomic E-state index is 10.7. The second-order valence-corrected chi connectivity index (χ2v) is 19.2. The molecule has 0 aliphatic carbocycles. The van der Waals surface area contributed by atoms with E-state index in [1.165, 1.54) is 89.2 Å². The first-order chi connectivity index (χ1) is 31.7. The molecule has 6 nitrogen and oxygen atoms in total. The lowest BCUT2D eigenvalue weighted by atomic mass is 9.99. The highest BCUT2D eigenvalue weighted by molar-refractivity contribution is 5.66. The van der Waals surface area contributed by atoms with E-state index in [0.29, 0.717) is 17.5 Å². The third-order valence-corrected chi connectivity index (χ3v) is 12.1. The van der Waals surface area contributed by atoms with E-state index in [9.17, 15) is 10.2 Å². The molecule has 0 spiro atoms. The molecule has 0 atom stereocenters. The third-order valence-electron chi connectivity index (χ3n) is 12.1. The number of phenols is 2. The van der Waals surface area contributed by atoms with Crippen LogP contribution in [0, 0.1) is 6.92 Å². The quantitative estimate of drug-likeness (QED) is 0.0507. The Labute approximate surface area is 410 Å². The van der Waals surface area contributed by atoms with E-state index in [4.69, 9.17) is 19.4 Å². The van der Waals surface area contributed by atoms with E-state index >= 15 is 0 Å². The number of aromatic hydroxyl groups is 2. The van der Waals surface area contributed by atoms with Gasteiger partial charge in [-0.2, -0.15) is 0 Å². The van der Waals surface area contributed by atoms with Crippen molar-refractivity contribution in [3.63, 3.8) is 0 Å². The number of aliphatic carboxylic acids is 1. The normalized spacial score (nSPS) is 13.7. The topological polar surface area (TPSA) is 96.2 Å². The van der Waals surface area contributed by atoms with Crippen molar-refractivity contribution >= 4 is 5.97 Å². The Hall–Kier alpha value is -4.71. The number of methoxy groups -OCH3 is 2. The van der Waals surface area contributed by atoms with Crippen molar-refractivity contribution in [3.8, 4) is 23.0 Å². The molecule has 1 rings (SSSR count). The lowest BCUT2D eigenvalue weighted by Crippen LogP contribution is -1.98. The molecular weight excluding hydrogens is 829 g/mol. The van der Waals surface area contributed by atoms with Crippen molar-refractivity contribution in [2.45, 2.75) is 212 Å². The second-order valence-electron chi connectivity index (χ2n) is 19.2. The highest BCUT2D eigenvalue weighted by Gasteiger charge is 2.22. The Kier molecular flexibility index (Phi) is 34.7. The Bertz CT molecular complexity index is 1940. The number of ether oxygens (including phenoxy) is 2. The maximum Gasteiger partial charge on any atom is 0.300 e. The van der Waals surface area contributed by atoms with Crippen molar-refractivity contribution in [2.75, 3.05) is 14.2 Å². The van der Waals surface area contributed by atoms with Crippen LogP contribution in [0.3, 0.4) is 0 Å². The number of rotatable bonds is 31. The minimum Gasteiger partial charge on any atom is -0.504 e. The van der Waals surface area contributed by atoms with Crippen LogP contribution in [-0.2, 0) is 11.2 Å². The van der Waals surface area contributed by atoms with Gasteiger partial charge in [0.2, 0.25) is 11.5 Å². The van der Waals surface area contributed by atoms with Gasteiger partial charge < -0.3 is 24.8 Å². The van der Waals surface area contributed by atoms with Gasteiger partial charge in [0, 0.05) is 18.1 Å². The summed E-state index contributed by atoms with van der Waals surface area (Å²) in [5.41, 5.74) is 15.9. The van der Waals surface area contributed by atoms with E-state index in [1.54, 1.807) is 6.92 Å². The van der Waals surface area contributed by atoms with Gasteiger partial charge in [-0.25, -0.2) is 0 Å². The number of carboxylic acids is 1. The Morgan fingerprint density at radius 1 is 0.388 bits per heavy atom. The molecule has 0 unspecified atom stereocenters. The zero-order chi connectivity index (χ0) is 50.7. The van der Waals surface area contributed by atoms with Crippen molar-refractivity contribution < 1.29 is 29.6 Å². The van der Waals surface area contributed by atoms with Gasteiger partial charge in [0.05, 0.1) is 14.2 Å². The van der Waals surface area contributed by atoms with Gasteiger partial charge in [0.1, 0.15) is 0 Å². The summed E-state index contributed by atoms with van der Waals surface area (Å²) in [4.78, 5) is 9.00. The number of carboxylic acid groups (broad SMARTS) is 1. The van der Waals surface area contributed by atoms with Crippen molar-refractivity contribution in [3.05, 3.63) is 128 Å². The maximum absolute atomic E-state index is 10.7. The van der Waals surface area contributed by atoms with Gasteiger partial charge in [-0.3, -0.25) is 4.79 Å². The van der Waals surface area contributed by atoms with Crippen molar-refractivity contribution in [2.24, 2.45) is 0 Å². The molecule has 0 amide bonds. The first-order valence-corrected chi connectivity index (χ1v) is 25.1. The number of hydrogen-bond acceptors (Lipinski definition) is 5. The fraction of sp³-hybridized carbons (Fsp3) is 0.557. The predicted octanol–water partition coefficient (Wildman–Crippen LogP) is 18.6. The van der Waals surface area contributed by atoms with Crippen LogP contribution in [0.2, 0.25) is 0 Å². The Morgan fingerprint density at radius 2 is 0.597 bits per heavy atom. The average Bonchev–Trinajstić information content (AvgIpc) is 3.24. The molecule has 67 heavy (non-hydrogen) atoms. The summed E-state index contributed by atoms with van der Waals surface area (Å²) in [5, 5.41) is 28.7. The lowest BCUT2D eigenvalue weighted by molar-refractivity contribution is -0.134. The fourth-order valence-electron chi connectivity index (χ4n) is 7.62. The largest absolute Gasteiger partial charge is 0.504 e. The molecule has 376 valence electrons. The molecule has 0 aromatic heterocycles. The smallest absolute Gasteiger partial charge is 0.300 e. The van der Waals surface area contributed by atoms with E-state index in [2.05, 4.69) is 137 Å². The molecule has 0 radical (unpaired) electrons. The molecule has 3 N–H and O–H groups in total. The zero-order valence-electron chi connectivity index (χ0n) is 45.3. The molecule has 0 saturated carbocycles. The van der Waals surface area contributed by atoms with Crippen LogP contribution < -0.4 is 9.47 Å². The first kappa shape index (κ1) is 62.3. The summed E-state index contributed by atoms with van der Waals surface area (Å²) in [5.74, 6) is -0.478. The molecule has 0 aliphatic heterocycles. The predicted molar refractivity (Wildman–Crippen MR) is 291 cm³/mol. The molecule has 6 heteroatoms. The molecule has 1 aromatic carbocycles. The highest BCUT2D eigenvalue weighted by Crippen LogP contribution is 2.48. The number of allylic oxidation sites excluding steroid dienone is 20. The fourth-order valence-corrected chi connectivity index (χ4v) is 7.62. The molecule has 0 saturated heterocycles. The van der Waals surface area contributed by atoms with Gasteiger partial charge in [0.25, 0.3) is 5.97 Å². The van der Waals surface area contributed by atoms with E-state index < -0.39 is 5.97 Å². The van der Waals surface area contributed by atoms with Gasteiger partial charge >= 0.3 is 0 Å². The number of carbonyl (C=O) groups is 1. The molecule has 0 fully saturated rings. The van der Waals surface area contributed by atoms with Crippen LogP contribution in [0.5, 0.6) is 23.0 Å². The van der Waals surface area contributed by atoms with E-state index in [0.717, 1.165) is 103 Å². The summed E-state index contributed by atoms with van der Waals surface area (Å²) in [6.07, 6.45) is 44.6. The Morgan fingerprint density at radius 3 is 0.821 bits per heavy atom. The minimum atomic E-state index is -0.833. The molecule has 1 aromatic rings. The number of hydrogen-bond donors (Lipinski definition) is 3. The second kappa shape index (κ2) is 37.3. The van der Waals surface area contributed by atoms with E-state index in [1.807, 2.05) is 0 Å². The molecule has 0 bridgehead atoms. The van der Waals surface area contributed by atoms with E-state index in [-0.39, 0.29) is 23.0 Å². The van der Waals surface area contributed by atoms with Crippen molar-refractivity contribution in [1.82, 2.24) is 0 Å². The monoisotopic (exact) mass is 925 g/mol. The summed E-state index contributed by atoms with van der Waals surface area (Å²) < 4.78 is 10.5. The standard InChI is InChI=1S/C59H92O4.C2H4O2/c1-44(2)24-15-25-45(3)26-16-27-46(4)28-17-29-47(5)30-18-31-48(6)32-19-33-49(7)34-20-35-50(8)36-21-37-51(9)38-22-39-52(10)40-23-41-53(11)42-43-55-54(12)56(60)58(62-13)59(63-14)57(55)61;1-2(3)4/h24,26,28,30,32,34,36,38,40,42,60-61H,15-23,25,27,29,31,33,35,37,39,41,43H2,1-14H3;1H3,(H,3,4)/b45-26+,46-28+,47-30+,48-32+,49-34+,50-36+,51-38+,52-40+,53-42+;. The summed E-state index contributed by atoms with van der Waals surface area (Å²) in [6.45, 7) is 27.6. The molecule has 0 heterocycles. The van der Waals surface area contributed by atoms with Crippen LogP contribution >= 0.6 is 0 Å². The Balaban J connectivity index is 0.0000104. The van der Waals surface area contributed by atoms with Gasteiger partial charge in [-0.1, -0.05) is 116 Å². The lowest BCUT2D eigenvalue weighted by Gasteiger charge is -2.17. The van der Waals surface area contributed by atoms with Crippen LogP contribution in [0.1, 0.15) is 210 Å². The summed E-state index contributed by atoms with van der Waals surface area (Å²) in [7, 11) is 2.91. The highest BCUT2D eigenvalue weighted by atomic mass is 16.5. The van der Waals surface area contributed by atoms with Crippen LogP contribution in [0.4, 0.5) is 0 Å². The first-order valence-electron chi connectivity index (χ1n) is 25.1. The average molecular weight is 925 g/mol. The van der Waals surface area contributed by atoms with Gasteiger partial charge in [0.15, 0.2) is 11.5 Å². The van der Waals surface area contributed by atoms with Crippen molar-refractivity contribution in [1.29, 1.82) is 0 Å². The van der Waals surface area contributed by atoms with Crippen LogP contribution in [0.15, 0.2) is 116 Å². The summed E-state index contributed by atoms with van der Waals surface area (Å²) >= 11 is 0. The molecular formula is C61H96O6. The minimum absolute atomic E-state index is 0.00634. The molecule has 0 aliphatic rings. The van der Waals surface area contributed by atoms with Gasteiger partial charge in [-0.05, 0) is 205 Å². The number of phenolic OH excluding ortho intramolecular Hbond substituents is 2. The number of benzene rings is 1. The third kappa shape index (κ3) is 31.8. The SMILES string of the molecule is CC(=O)O.COc1c(O)c(C)c(C/C=C(\C)CC/C=C(\C)CC/C=C(\C)CC/C=C(\C)CC/C=C(\C)CC/C=C(\C)CC/C=C(\C)CC/C=C(\C)CC/C=C(\C)CCC=C(C)C)c(O)c1OC. The van der Waals surface area contributed by atoms with Gasteiger partial charge in [-0.15, -0.1) is 0 Å². The summed E-state index contributed by atoms with van der Waals surface area (Å²) in [6, 6.07) is 0.